The minimum atomic E-state index is -3.66. The van der Waals surface area contributed by atoms with E-state index in [4.69, 9.17) is 4.52 Å². The lowest BCUT2D eigenvalue weighted by Gasteiger charge is -2.17. The van der Waals surface area contributed by atoms with Gasteiger partial charge in [-0.25, -0.2) is 18.1 Å². The summed E-state index contributed by atoms with van der Waals surface area (Å²) in [5.74, 6) is 1.69. The van der Waals surface area contributed by atoms with E-state index in [1.54, 1.807) is 13.8 Å². The van der Waals surface area contributed by atoms with Gasteiger partial charge in [0.15, 0.2) is 5.76 Å². The van der Waals surface area contributed by atoms with Crippen molar-refractivity contribution in [1.82, 2.24) is 19.8 Å². The van der Waals surface area contributed by atoms with E-state index in [1.807, 2.05) is 13.0 Å². The molecule has 1 aliphatic rings. The molecule has 1 saturated heterocycles. The van der Waals surface area contributed by atoms with E-state index >= 15 is 0 Å². The Balaban J connectivity index is 1.58. The summed E-state index contributed by atoms with van der Waals surface area (Å²) in [6.07, 6.45) is 2.35. The Morgan fingerprint density at radius 2 is 1.88 bits per heavy atom. The van der Waals surface area contributed by atoms with Crippen molar-refractivity contribution in [3.63, 3.8) is 0 Å². The van der Waals surface area contributed by atoms with E-state index in [1.165, 1.54) is 12.8 Å². The first-order chi connectivity index (χ1) is 12.4. The zero-order valence-corrected chi connectivity index (χ0v) is 16.1. The molecule has 2 N–H and O–H groups in total. The van der Waals surface area contributed by atoms with Gasteiger partial charge in [0.1, 0.15) is 16.4 Å². The third-order valence-corrected chi connectivity index (χ3v) is 5.91. The highest BCUT2D eigenvalue weighted by atomic mass is 32.2. The average molecular weight is 380 g/mol. The summed E-state index contributed by atoms with van der Waals surface area (Å²) in [7, 11) is -3.66. The second-order valence-electron chi connectivity index (χ2n) is 6.36. The fourth-order valence-corrected chi connectivity index (χ4v) is 4.39. The monoisotopic (exact) mass is 380 g/mol. The molecule has 0 atom stereocenters. The Morgan fingerprint density at radius 1 is 1.15 bits per heavy atom. The molecule has 0 radical (unpaired) electrons. The number of nitrogens with zero attached hydrogens (tertiary/aromatic N) is 4. The van der Waals surface area contributed by atoms with Crippen LogP contribution in [0.4, 0.5) is 11.8 Å². The largest absolute Gasteiger partial charge is 0.360 e. The molecule has 1 fully saturated rings. The Morgan fingerprint density at radius 3 is 2.54 bits per heavy atom. The molecule has 1 aliphatic heterocycles. The summed E-state index contributed by atoms with van der Waals surface area (Å²) in [5, 5.41) is 6.76. The summed E-state index contributed by atoms with van der Waals surface area (Å²) < 4.78 is 32.2. The number of hydrogen-bond acceptors (Lipinski definition) is 8. The number of nitrogens with one attached hydrogen (secondary N) is 2. The van der Waals surface area contributed by atoms with Crippen LogP contribution in [0.1, 0.15) is 30.0 Å². The topological polar surface area (TPSA) is 113 Å². The summed E-state index contributed by atoms with van der Waals surface area (Å²) in [4.78, 5) is 11.2. The maximum atomic E-state index is 12.4. The quantitative estimate of drug-likeness (QED) is 0.693. The molecular formula is C16H24N6O3S. The minimum absolute atomic E-state index is 0.0978. The molecular weight excluding hydrogens is 356 g/mol. The molecule has 0 spiro atoms. The average Bonchev–Trinajstić information content (AvgIpc) is 3.21. The predicted molar refractivity (Wildman–Crippen MR) is 97.9 cm³/mol. The third-order valence-electron chi connectivity index (χ3n) is 4.21. The van der Waals surface area contributed by atoms with E-state index in [2.05, 4.69) is 30.1 Å². The van der Waals surface area contributed by atoms with E-state index in [0.29, 0.717) is 18.2 Å². The summed E-state index contributed by atoms with van der Waals surface area (Å²) in [6, 6.07) is 1.97. The van der Waals surface area contributed by atoms with Crippen LogP contribution in [-0.2, 0) is 10.0 Å². The molecule has 0 aliphatic carbocycles. The van der Waals surface area contributed by atoms with Crippen LogP contribution >= 0.6 is 0 Å². The highest BCUT2D eigenvalue weighted by Crippen LogP contribution is 2.20. The van der Waals surface area contributed by atoms with Gasteiger partial charge in [-0.05, 0) is 33.6 Å². The second kappa shape index (κ2) is 7.58. The molecule has 0 amide bonds. The molecule has 142 valence electrons. The first kappa shape index (κ1) is 18.6. The molecule has 3 rings (SSSR count). The van der Waals surface area contributed by atoms with Gasteiger partial charge in [-0.2, -0.15) is 4.98 Å². The maximum Gasteiger partial charge on any atom is 0.246 e. The van der Waals surface area contributed by atoms with E-state index in [0.717, 1.165) is 24.6 Å². The smallest absolute Gasteiger partial charge is 0.246 e. The van der Waals surface area contributed by atoms with Crippen molar-refractivity contribution in [2.24, 2.45) is 0 Å². The molecule has 26 heavy (non-hydrogen) atoms. The van der Waals surface area contributed by atoms with Crippen molar-refractivity contribution in [2.45, 2.75) is 38.5 Å². The van der Waals surface area contributed by atoms with Crippen LogP contribution in [-0.4, -0.2) is 49.7 Å². The van der Waals surface area contributed by atoms with Gasteiger partial charge in [0.25, 0.3) is 0 Å². The molecule has 0 unspecified atom stereocenters. The highest BCUT2D eigenvalue weighted by Gasteiger charge is 2.23. The molecule has 0 bridgehead atoms. The van der Waals surface area contributed by atoms with Crippen molar-refractivity contribution in [3.8, 4) is 0 Å². The second-order valence-corrected chi connectivity index (χ2v) is 8.07. The number of aromatic nitrogens is 3. The van der Waals surface area contributed by atoms with Crippen LogP contribution < -0.4 is 14.9 Å². The van der Waals surface area contributed by atoms with Crippen LogP contribution in [0.2, 0.25) is 0 Å². The Kier molecular flexibility index (Phi) is 5.42. The Labute approximate surface area is 153 Å². The van der Waals surface area contributed by atoms with Crippen LogP contribution in [0.25, 0.3) is 0 Å². The standard InChI is InChI=1S/C16H24N6O3S/c1-11-10-14(22-8-4-5-9-22)20-16(19-11)17-6-7-18-26(23,24)15-12(2)21-25-13(15)3/h10,18H,4-9H2,1-3H3,(H,17,19,20). The summed E-state index contributed by atoms with van der Waals surface area (Å²) in [5.41, 5.74) is 1.22. The van der Waals surface area contributed by atoms with Gasteiger partial charge in [-0.3, -0.25) is 0 Å². The fourth-order valence-electron chi connectivity index (χ4n) is 3.03. The van der Waals surface area contributed by atoms with Gasteiger partial charge in [0.05, 0.1) is 0 Å². The number of anilines is 2. The van der Waals surface area contributed by atoms with Crippen molar-refractivity contribution < 1.29 is 12.9 Å². The predicted octanol–water partition coefficient (Wildman–Crippen LogP) is 1.38. The number of rotatable bonds is 7. The fraction of sp³-hybridized carbons (Fsp3) is 0.562. The lowest BCUT2D eigenvalue weighted by Crippen LogP contribution is -2.30. The number of sulfonamides is 1. The normalized spacial score (nSPS) is 14.8. The number of hydrogen-bond donors (Lipinski definition) is 2. The van der Waals surface area contributed by atoms with Gasteiger partial charge in [0, 0.05) is 37.9 Å². The molecule has 10 heteroatoms. The highest BCUT2D eigenvalue weighted by molar-refractivity contribution is 7.89. The van der Waals surface area contributed by atoms with Crippen molar-refractivity contribution in [1.29, 1.82) is 0 Å². The minimum Gasteiger partial charge on any atom is -0.360 e. The molecule has 3 heterocycles. The SMILES string of the molecule is Cc1cc(N2CCCC2)nc(NCCNS(=O)(=O)c2c(C)noc2C)n1. The molecule has 2 aromatic rings. The van der Waals surface area contributed by atoms with Gasteiger partial charge in [-0.1, -0.05) is 5.16 Å². The van der Waals surface area contributed by atoms with Gasteiger partial charge in [0.2, 0.25) is 16.0 Å². The van der Waals surface area contributed by atoms with Crippen LogP contribution in [0.5, 0.6) is 0 Å². The van der Waals surface area contributed by atoms with Gasteiger partial charge < -0.3 is 14.7 Å². The van der Waals surface area contributed by atoms with Crippen LogP contribution in [0.15, 0.2) is 15.5 Å². The third kappa shape index (κ3) is 4.13. The van der Waals surface area contributed by atoms with E-state index < -0.39 is 10.0 Å². The first-order valence-corrected chi connectivity index (χ1v) is 10.1. The maximum absolute atomic E-state index is 12.4. The summed E-state index contributed by atoms with van der Waals surface area (Å²) in [6.45, 7) is 7.68. The van der Waals surface area contributed by atoms with Crippen molar-refractivity contribution >= 4 is 21.8 Å². The van der Waals surface area contributed by atoms with Crippen LogP contribution in [0, 0.1) is 20.8 Å². The van der Waals surface area contributed by atoms with Gasteiger partial charge >= 0.3 is 0 Å². The van der Waals surface area contributed by atoms with E-state index in [-0.39, 0.29) is 17.2 Å². The number of aryl methyl sites for hydroxylation is 3. The molecule has 9 nitrogen and oxygen atoms in total. The lowest BCUT2D eigenvalue weighted by molar-refractivity contribution is 0.390. The lowest BCUT2D eigenvalue weighted by atomic mass is 10.4. The Hall–Kier alpha value is -2.20. The first-order valence-electron chi connectivity index (χ1n) is 8.64. The molecule has 0 aromatic carbocycles. The zero-order valence-electron chi connectivity index (χ0n) is 15.2. The van der Waals surface area contributed by atoms with Crippen molar-refractivity contribution in [3.05, 3.63) is 23.2 Å². The molecule has 0 saturated carbocycles. The Bertz CT molecular complexity index is 855. The summed E-state index contributed by atoms with van der Waals surface area (Å²) >= 11 is 0. The van der Waals surface area contributed by atoms with Crippen molar-refractivity contribution in [2.75, 3.05) is 36.4 Å². The van der Waals surface area contributed by atoms with Crippen LogP contribution in [0.3, 0.4) is 0 Å². The van der Waals surface area contributed by atoms with Gasteiger partial charge in [-0.15, -0.1) is 0 Å². The molecule has 2 aromatic heterocycles. The van der Waals surface area contributed by atoms with E-state index in [9.17, 15) is 8.42 Å². The zero-order chi connectivity index (χ0) is 18.7.